The van der Waals surface area contributed by atoms with Gasteiger partial charge in [0.05, 0.1) is 6.10 Å². The van der Waals surface area contributed by atoms with Gasteiger partial charge in [-0.2, -0.15) is 0 Å². The summed E-state index contributed by atoms with van der Waals surface area (Å²) in [5.74, 6) is 2.42. The molecule has 0 spiro atoms. The van der Waals surface area contributed by atoms with Crippen LogP contribution >= 0.6 is 0 Å². The summed E-state index contributed by atoms with van der Waals surface area (Å²) in [6.07, 6.45) is 4.35. The molecule has 1 saturated heterocycles. The minimum Gasteiger partial charge on any atom is -0.391 e. The maximum atomic E-state index is 10.1. The van der Waals surface area contributed by atoms with Crippen LogP contribution in [0.25, 0.3) is 0 Å². The highest BCUT2D eigenvalue weighted by Crippen LogP contribution is 2.31. The van der Waals surface area contributed by atoms with Crippen LogP contribution < -0.4 is 10.2 Å². The van der Waals surface area contributed by atoms with Crippen molar-refractivity contribution in [1.29, 1.82) is 0 Å². The van der Waals surface area contributed by atoms with Gasteiger partial charge in [-0.3, -0.25) is 0 Å². The quantitative estimate of drug-likeness (QED) is 0.764. The highest BCUT2D eigenvalue weighted by molar-refractivity contribution is 5.50. The lowest BCUT2D eigenvalue weighted by molar-refractivity contribution is 0.104. The predicted molar refractivity (Wildman–Crippen MR) is 94.4 cm³/mol. The molecule has 1 aromatic heterocycles. The van der Waals surface area contributed by atoms with Crippen LogP contribution in [0.4, 0.5) is 11.6 Å². The molecule has 2 aliphatic rings. The van der Waals surface area contributed by atoms with Gasteiger partial charge in [0.15, 0.2) is 0 Å². The topological polar surface area (TPSA) is 73.8 Å². The molecule has 1 aromatic rings. The number of rotatable bonds is 7. The smallest absolute Gasteiger partial charge is 0.134 e. The molecule has 1 aliphatic heterocycles. The molecule has 0 unspecified atom stereocenters. The Balaban J connectivity index is 1.62. The molecule has 0 amide bonds. The summed E-state index contributed by atoms with van der Waals surface area (Å²) in [6, 6.07) is 2.76. The van der Waals surface area contributed by atoms with Gasteiger partial charge in [-0.15, -0.1) is 0 Å². The van der Waals surface area contributed by atoms with Gasteiger partial charge >= 0.3 is 0 Å². The van der Waals surface area contributed by atoms with Crippen molar-refractivity contribution in [2.24, 2.45) is 5.92 Å². The fourth-order valence-corrected chi connectivity index (χ4v) is 3.78. The SMILES string of the molecule is COCC1CC(Nc2cc(N3C[C@H](O)C[C@@H]3CN(C)C)ncn2)C1. The maximum absolute atomic E-state index is 10.1. The first kappa shape index (κ1) is 17.4. The molecule has 134 valence electrons. The third-order valence-corrected chi connectivity index (χ3v) is 4.91. The number of nitrogens with zero attached hydrogens (tertiary/aromatic N) is 4. The minimum absolute atomic E-state index is 0.285. The highest BCUT2D eigenvalue weighted by atomic mass is 16.5. The first-order chi connectivity index (χ1) is 11.5. The van der Waals surface area contributed by atoms with Crippen LogP contribution in [0.1, 0.15) is 19.3 Å². The number of nitrogens with one attached hydrogen (secondary N) is 1. The van der Waals surface area contributed by atoms with Crippen molar-refractivity contribution in [2.75, 3.05) is 51.1 Å². The summed E-state index contributed by atoms with van der Waals surface area (Å²) < 4.78 is 5.20. The average Bonchev–Trinajstić information content (AvgIpc) is 2.85. The first-order valence-corrected chi connectivity index (χ1v) is 8.72. The van der Waals surface area contributed by atoms with Gasteiger partial charge in [-0.05, 0) is 39.3 Å². The van der Waals surface area contributed by atoms with Gasteiger partial charge in [0.2, 0.25) is 0 Å². The van der Waals surface area contributed by atoms with Crippen molar-refractivity contribution >= 4 is 11.6 Å². The monoisotopic (exact) mass is 335 g/mol. The van der Waals surface area contributed by atoms with Crippen molar-refractivity contribution in [3.8, 4) is 0 Å². The standard InChI is InChI=1S/C17H29N5O2/c1-21(2)8-14-6-15(23)9-22(14)17-7-16(18-11-19-17)20-13-4-12(5-13)10-24-3/h7,11-15,23H,4-6,8-10H2,1-3H3,(H,18,19,20)/t12?,13?,14-,15-/m1/s1. The van der Waals surface area contributed by atoms with Gasteiger partial charge in [-0.25, -0.2) is 9.97 Å². The maximum Gasteiger partial charge on any atom is 0.134 e. The normalized spacial score (nSPS) is 29.8. The third kappa shape index (κ3) is 4.15. The summed E-state index contributed by atoms with van der Waals surface area (Å²) in [5.41, 5.74) is 0. The van der Waals surface area contributed by atoms with Crippen LogP contribution in [0.2, 0.25) is 0 Å². The van der Waals surface area contributed by atoms with Crippen LogP contribution in [0.5, 0.6) is 0 Å². The lowest BCUT2D eigenvalue weighted by Gasteiger charge is -2.35. The molecule has 2 fully saturated rings. The molecule has 2 N–H and O–H groups in total. The second-order valence-corrected chi connectivity index (χ2v) is 7.35. The van der Waals surface area contributed by atoms with Crippen LogP contribution in [0.15, 0.2) is 12.4 Å². The molecule has 7 nitrogen and oxygen atoms in total. The number of hydrogen-bond acceptors (Lipinski definition) is 7. The lowest BCUT2D eigenvalue weighted by Crippen LogP contribution is -2.39. The Bertz CT molecular complexity index is 535. The van der Waals surface area contributed by atoms with Gasteiger partial charge in [0.1, 0.15) is 18.0 Å². The summed E-state index contributed by atoms with van der Waals surface area (Å²) in [4.78, 5) is 13.1. The number of ether oxygens (including phenoxy) is 1. The zero-order chi connectivity index (χ0) is 17.1. The summed E-state index contributed by atoms with van der Waals surface area (Å²) >= 11 is 0. The van der Waals surface area contributed by atoms with E-state index in [4.69, 9.17) is 4.74 Å². The molecule has 3 rings (SSSR count). The number of anilines is 2. The summed E-state index contributed by atoms with van der Waals surface area (Å²) in [5, 5.41) is 13.5. The number of aromatic nitrogens is 2. The summed E-state index contributed by atoms with van der Waals surface area (Å²) in [7, 11) is 5.87. The highest BCUT2D eigenvalue weighted by Gasteiger charge is 2.33. The molecule has 0 aromatic carbocycles. The molecule has 1 saturated carbocycles. The van der Waals surface area contributed by atoms with E-state index in [0.29, 0.717) is 18.5 Å². The Morgan fingerprint density at radius 2 is 2.12 bits per heavy atom. The molecule has 0 radical (unpaired) electrons. The Morgan fingerprint density at radius 1 is 1.33 bits per heavy atom. The Morgan fingerprint density at radius 3 is 2.83 bits per heavy atom. The van der Waals surface area contributed by atoms with E-state index < -0.39 is 0 Å². The molecule has 0 bridgehead atoms. The molecule has 1 aliphatic carbocycles. The van der Waals surface area contributed by atoms with E-state index in [0.717, 1.165) is 44.0 Å². The van der Waals surface area contributed by atoms with Crippen molar-refractivity contribution in [1.82, 2.24) is 14.9 Å². The van der Waals surface area contributed by atoms with Crippen LogP contribution in [0, 0.1) is 5.92 Å². The van der Waals surface area contributed by atoms with Crippen molar-refractivity contribution in [3.05, 3.63) is 12.4 Å². The van der Waals surface area contributed by atoms with Gasteiger partial charge < -0.3 is 25.0 Å². The van der Waals surface area contributed by atoms with Gasteiger partial charge in [-0.1, -0.05) is 0 Å². The number of aliphatic hydroxyl groups excluding tert-OH is 1. The van der Waals surface area contributed by atoms with E-state index in [1.807, 2.05) is 6.07 Å². The van der Waals surface area contributed by atoms with Gasteiger partial charge in [0.25, 0.3) is 0 Å². The zero-order valence-corrected chi connectivity index (χ0v) is 14.9. The lowest BCUT2D eigenvalue weighted by atomic mass is 9.81. The molecular weight excluding hydrogens is 306 g/mol. The molecule has 7 heteroatoms. The number of β-amino-alcohol motifs (C(OH)–C–C–N with tert-alkyl or cyclic N) is 1. The number of hydrogen-bond donors (Lipinski definition) is 2. The molecule has 24 heavy (non-hydrogen) atoms. The van der Waals surface area contributed by atoms with E-state index in [1.54, 1.807) is 13.4 Å². The van der Waals surface area contributed by atoms with Crippen molar-refractivity contribution < 1.29 is 9.84 Å². The second kappa shape index (κ2) is 7.63. The molecule has 2 atom stereocenters. The Kier molecular flexibility index (Phi) is 5.53. The van der Waals surface area contributed by atoms with Crippen molar-refractivity contribution in [3.63, 3.8) is 0 Å². The fraction of sp³-hybridized carbons (Fsp3) is 0.765. The fourth-order valence-electron chi connectivity index (χ4n) is 3.78. The number of likely N-dealkylation sites (N-methyl/N-ethyl adjacent to an activating group) is 1. The molecular formula is C17H29N5O2. The van der Waals surface area contributed by atoms with Crippen LogP contribution in [-0.2, 0) is 4.74 Å². The summed E-state index contributed by atoms with van der Waals surface area (Å²) in [6.45, 7) is 2.38. The number of methoxy groups -OCH3 is 1. The third-order valence-electron chi connectivity index (χ3n) is 4.91. The van der Waals surface area contributed by atoms with Gasteiger partial charge in [0, 0.05) is 45.0 Å². The Hall–Kier alpha value is -1.44. The minimum atomic E-state index is -0.289. The number of aliphatic hydroxyl groups is 1. The average molecular weight is 335 g/mol. The van der Waals surface area contributed by atoms with E-state index in [1.165, 1.54) is 0 Å². The van der Waals surface area contributed by atoms with E-state index in [2.05, 4.69) is 39.2 Å². The second-order valence-electron chi connectivity index (χ2n) is 7.35. The zero-order valence-electron chi connectivity index (χ0n) is 14.9. The van der Waals surface area contributed by atoms with Crippen LogP contribution in [-0.4, -0.2) is 79.1 Å². The predicted octanol–water partition coefficient (Wildman–Crippen LogP) is 0.815. The van der Waals surface area contributed by atoms with E-state index in [-0.39, 0.29) is 12.1 Å². The first-order valence-electron chi connectivity index (χ1n) is 8.72. The Labute approximate surface area is 144 Å². The molecule has 2 heterocycles. The van der Waals surface area contributed by atoms with Crippen molar-refractivity contribution in [2.45, 2.75) is 37.5 Å². The van der Waals surface area contributed by atoms with E-state index >= 15 is 0 Å². The largest absolute Gasteiger partial charge is 0.391 e. The van der Waals surface area contributed by atoms with E-state index in [9.17, 15) is 5.11 Å². The van der Waals surface area contributed by atoms with Crippen LogP contribution in [0.3, 0.4) is 0 Å².